The molecule has 0 radical (unpaired) electrons. The molecule has 0 aromatic heterocycles. The number of hydrogen-bond acceptors (Lipinski definition) is 6. The number of carbonyl (C=O) groups is 2. The summed E-state index contributed by atoms with van der Waals surface area (Å²) in [5, 5.41) is 0. The average Bonchev–Trinajstić information content (AvgIpc) is 2.88. The molecular formula is C26H26N2O2S4. The maximum Gasteiger partial charge on any atom is 0.195 e. The summed E-state index contributed by atoms with van der Waals surface area (Å²) in [5.41, 5.74) is 1.87. The van der Waals surface area contributed by atoms with Gasteiger partial charge in [0.05, 0.1) is 0 Å². The van der Waals surface area contributed by atoms with Gasteiger partial charge in [-0.2, -0.15) is 0 Å². The van der Waals surface area contributed by atoms with Crippen LogP contribution in [0.25, 0.3) is 0 Å². The minimum absolute atomic E-state index is 0.111. The molecule has 0 amide bonds. The van der Waals surface area contributed by atoms with Crippen LogP contribution in [0.5, 0.6) is 0 Å². The summed E-state index contributed by atoms with van der Waals surface area (Å²) in [6.07, 6.45) is 7.01. The quantitative estimate of drug-likeness (QED) is 0.289. The number of benzene rings is 2. The third-order valence-electron chi connectivity index (χ3n) is 6.62. The fourth-order valence-corrected chi connectivity index (χ4v) is 7.62. The predicted octanol–water partition coefficient (Wildman–Crippen LogP) is 6.19. The van der Waals surface area contributed by atoms with Gasteiger partial charge in [0.1, 0.15) is 8.64 Å². The van der Waals surface area contributed by atoms with Gasteiger partial charge in [-0.3, -0.25) is 9.59 Å². The molecule has 2 aliphatic heterocycles. The average molecular weight is 527 g/mol. The number of thiocarbonyl (C=S) groups is 2. The molecule has 0 unspecified atom stereocenters. The molecule has 2 fully saturated rings. The minimum atomic E-state index is -0.111. The Bertz CT molecular complexity index is 1080. The lowest BCUT2D eigenvalue weighted by molar-refractivity contribution is 0.0974. The van der Waals surface area contributed by atoms with Crippen molar-refractivity contribution in [3.8, 4) is 0 Å². The molecule has 0 N–H and O–H groups in total. The lowest BCUT2D eigenvalue weighted by atomic mass is 9.84. The maximum atomic E-state index is 13.7. The molecule has 2 aromatic carbocycles. The molecule has 8 heteroatoms. The topological polar surface area (TPSA) is 40.6 Å². The number of likely N-dealkylation sites (tertiary alicyclic amines) is 2. The Hall–Kier alpha value is -1.74. The van der Waals surface area contributed by atoms with Gasteiger partial charge in [-0.1, -0.05) is 72.2 Å². The van der Waals surface area contributed by atoms with E-state index in [0.717, 1.165) is 70.3 Å². The van der Waals surface area contributed by atoms with Crippen molar-refractivity contribution in [2.45, 2.75) is 48.3 Å². The second-order valence-corrected chi connectivity index (χ2v) is 12.2. The van der Waals surface area contributed by atoms with Crippen LogP contribution in [0.1, 0.15) is 70.4 Å². The predicted molar refractivity (Wildman–Crippen MR) is 148 cm³/mol. The lowest BCUT2D eigenvalue weighted by Gasteiger charge is -2.30. The number of hydrogen-bond donors (Lipinski definition) is 0. The largest absolute Gasteiger partial charge is 0.357 e. The van der Waals surface area contributed by atoms with Crippen molar-refractivity contribution >= 4 is 68.2 Å². The Morgan fingerprint density at radius 3 is 1.38 bits per heavy atom. The highest BCUT2D eigenvalue weighted by Gasteiger charge is 2.34. The summed E-state index contributed by atoms with van der Waals surface area (Å²) in [5.74, 6) is -0.221. The first kappa shape index (κ1) is 24.0. The monoisotopic (exact) mass is 526 g/mol. The number of piperidine rings is 2. The normalized spacial score (nSPS) is 17.9. The van der Waals surface area contributed by atoms with Crippen molar-refractivity contribution in [3.05, 3.63) is 58.7 Å². The highest BCUT2D eigenvalue weighted by atomic mass is 32.2. The van der Waals surface area contributed by atoms with Crippen LogP contribution in [0.3, 0.4) is 0 Å². The molecular weight excluding hydrogens is 501 g/mol. The minimum Gasteiger partial charge on any atom is -0.357 e. The Labute approximate surface area is 219 Å². The van der Waals surface area contributed by atoms with Gasteiger partial charge in [-0.15, -0.1) is 0 Å². The first-order valence-electron chi connectivity index (χ1n) is 11.8. The standard InChI is InChI=1S/C26H26N2O2S4/c29-23-18-10-8-12-20(34-26(32)28-15-5-2-6-16-28)22(18)24(30)17-9-7-11-19(21(17)23)33-25(31)27-13-3-1-4-14-27/h7-12H,1-6,13-16H2. The van der Waals surface area contributed by atoms with Gasteiger partial charge in [-0.05, 0) is 50.7 Å². The highest BCUT2D eigenvalue weighted by Crippen LogP contribution is 2.39. The summed E-state index contributed by atoms with van der Waals surface area (Å²) in [7, 11) is 0. The lowest BCUT2D eigenvalue weighted by Crippen LogP contribution is -2.33. The number of rotatable bonds is 2. The highest BCUT2D eigenvalue weighted by molar-refractivity contribution is 8.23. The van der Waals surface area contributed by atoms with Gasteiger partial charge < -0.3 is 9.80 Å². The van der Waals surface area contributed by atoms with E-state index in [1.807, 2.05) is 24.3 Å². The molecule has 2 aromatic rings. The number of ketones is 2. The number of fused-ring (bicyclic) bond motifs is 2. The zero-order valence-corrected chi connectivity index (χ0v) is 22.1. The van der Waals surface area contributed by atoms with Crippen LogP contribution >= 0.6 is 48.0 Å². The molecule has 0 saturated carbocycles. The van der Waals surface area contributed by atoms with Crippen molar-refractivity contribution in [2.24, 2.45) is 0 Å². The van der Waals surface area contributed by atoms with Crippen molar-refractivity contribution in [2.75, 3.05) is 26.2 Å². The second-order valence-electron chi connectivity index (χ2n) is 8.85. The number of nitrogens with zero attached hydrogens (tertiary/aromatic N) is 2. The van der Waals surface area contributed by atoms with E-state index in [1.54, 1.807) is 12.1 Å². The smallest absolute Gasteiger partial charge is 0.195 e. The van der Waals surface area contributed by atoms with E-state index in [2.05, 4.69) is 9.80 Å². The molecule has 1 aliphatic carbocycles. The molecule has 5 rings (SSSR count). The Kier molecular flexibility index (Phi) is 7.39. The van der Waals surface area contributed by atoms with Crippen LogP contribution in [0.4, 0.5) is 0 Å². The second kappa shape index (κ2) is 10.5. The van der Waals surface area contributed by atoms with Crippen molar-refractivity contribution < 1.29 is 9.59 Å². The third-order valence-corrected chi connectivity index (χ3v) is 9.62. The SMILES string of the molecule is O=C1c2cccc(SC(=S)N3CCCCC3)c2C(=O)c2cccc(SC(=S)N3CCCCC3)c21. The molecule has 0 atom stereocenters. The zero-order chi connectivity index (χ0) is 23.7. The van der Waals surface area contributed by atoms with Crippen LogP contribution in [0.15, 0.2) is 46.2 Å². The van der Waals surface area contributed by atoms with E-state index in [9.17, 15) is 9.59 Å². The van der Waals surface area contributed by atoms with E-state index in [0.29, 0.717) is 22.3 Å². The molecule has 2 heterocycles. The van der Waals surface area contributed by atoms with Crippen LogP contribution < -0.4 is 0 Å². The van der Waals surface area contributed by atoms with Crippen LogP contribution in [-0.2, 0) is 0 Å². The summed E-state index contributed by atoms with van der Waals surface area (Å²) >= 11 is 14.3. The van der Waals surface area contributed by atoms with Crippen molar-refractivity contribution in [1.29, 1.82) is 0 Å². The number of carbonyl (C=O) groups excluding carboxylic acids is 2. The van der Waals surface area contributed by atoms with Gasteiger partial charge >= 0.3 is 0 Å². The van der Waals surface area contributed by atoms with Crippen LogP contribution in [-0.4, -0.2) is 56.2 Å². The van der Waals surface area contributed by atoms with E-state index in [-0.39, 0.29) is 11.6 Å². The molecule has 0 spiro atoms. The summed E-state index contributed by atoms with van der Waals surface area (Å²) in [6.45, 7) is 3.81. The Balaban J connectivity index is 1.44. The maximum absolute atomic E-state index is 13.7. The first-order valence-corrected chi connectivity index (χ1v) is 14.3. The third kappa shape index (κ3) is 4.70. The zero-order valence-electron chi connectivity index (χ0n) is 18.9. The summed E-state index contributed by atoms with van der Waals surface area (Å²) in [4.78, 5) is 33.3. The van der Waals surface area contributed by atoms with E-state index in [4.69, 9.17) is 24.4 Å². The van der Waals surface area contributed by atoms with Gasteiger partial charge in [0.25, 0.3) is 0 Å². The summed E-state index contributed by atoms with van der Waals surface area (Å²) < 4.78 is 1.55. The van der Waals surface area contributed by atoms with E-state index < -0.39 is 0 Å². The van der Waals surface area contributed by atoms with E-state index >= 15 is 0 Å². The Morgan fingerprint density at radius 1 is 0.618 bits per heavy atom. The van der Waals surface area contributed by atoms with Crippen LogP contribution in [0.2, 0.25) is 0 Å². The number of thioether (sulfide) groups is 2. The van der Waals surface area contributed by atoms with Crippen molar-refractivity contribution in [1.82, 2.24) is 9.80 Å². The van der Waals surface area contributed by atoms with Gasteiger partial charge in [0.15, 0.2) is 11.6 Å². The van der Waals surface area contributed by atoms with Gasteiger partial charge in [-0.25, -0.2) is 0 Å². The molecule has 2 saturated heterocycles. The van der Waals surface area contributed by atoms with Crippen molar-refractivity contribution in [3.63, 3.8) is 0 Å². The molecule has 0 bridgehead atoms. The van der Waals surface area contributed by atoms with Crippen LogP contribution in [0, 0.1) is 0 Å². The summed E-state index contributed by atoms with van der Waals surface area (Å²) in [6, 6.07) is 11.0. The first-order chi connectivity index (χ1) is 16.5. The molecule has 4 nitrogen and oxygen atoms in total. The fraction of sp³-hybridized carbons (Fsp3) is 0.385. The Morgan fingerprint density at radius 2 is 1.00 bits per heavy atom. The molecule has 34 heavy (non-hydrogen) atoms. The van der Waals surface area contributed by atoms with E-state index in [1.165, 1.54) is 36.4 Å². The fourth-order valence-electron chi connectivity index (χ4n) is 4.82. The molecule has 3 aliphatic rings. The van der Waals surface area contributed by atoms with Gasteiger partial charge in [0.2, 0.25) is 0 Å². The molecule has 176 valence electrons. The van der Waals surface area contributed by atoms with Gasteiger partial charge in [0, 0.05) is 58.2 Å².